The fourth-order valence-electron chi connectivity index (χ4n) is 7.45. The van der Waals surface area contributed by atoms with Gasteiger partial charge in [-0.15, -0.1) is 0 Å². The molecule has 224 valence electrons. The van der Waals surface area contributed by atoms with Gasteiger partial charge in [0, 0.05) is 72.6 Å². The van der Waals surface area contributed by atoms with E-state index in [1.54, 1.807) is 12.3 Å². The minimum absolute atomic E-state index is 0.0706. The van der Waals surface area contributed by atoms with Crippen LogP contribution in [0.3, 0.4) is 0 Å². The smallest absolute Gasteiger partial charge is 0.246 e. The number of aryl methyl sites for hydroxylation is 1. The van der Waals surface area contributed by atoms with Crippen molar-refractivity contribution in [3.05, 3.63) is 53.5 Å². The Balaban J connectivity index is 1.36. The second kappa shape index (κ2) is 10.4. The largest absolute Gasteiger partial charge is 0.352 e. The molecule has 1 unspecified atom stereocenters. The van der Waals surface area contributed by atoms with Gasteiger partial charge in [0.25, 0.3) is 0 Å². The Kier molecular flexibility index (Phi) is 6.81. The van der Waals surface area contributed by atoms with E-state index in [4.69, 9.17) is 21.6 Å². The molecular formula is C32H36ClFN8O. The summed E-state index contributed by atoms with van der Waals surface area (Å²) < 4.78 is 16.9. The van der Waals surface area contributed by atoms with Gasteiger partial charge < -0.3 is 19.6 Å². The Bertz CT molecular complexity index is 1770. The molecule has 1 spiro atoms. The number of rotatable bonds is 4. The number of nitrogens with one attached hydrogen (secondary N) is 1. The van der Waals surface area contributed by atoms with Gasteiger partial charge in [0.1, 0.15) is 11.3 Å². The summed E-state index contributed by atoms with van der Waals surface area (Å²) in [7, 11) is 2.18. The predicted octanol–water partition coefficient (Wildman–Crippen LogP) is 5.03. The van der Waals surface area contributed by atoms with Crippen molar-refractivity contribution in [2.24, 2.45) is 5.41 Å². The van der Waals surface area contributed by atoms with Crippen molar-refractivity contribution >= 4 is 51.1 Å². The Morgan fingerprint density at radius 2 is 1.95 bits per heavy atom. The standard InChI is InChI=1S/C32H36ClFN8O/c1-5-25(43)42-12-11-40(15-20(42)3)30-21-13-23(33)27(26-19(2)7-8-24-22(26)14-35-38-24)28(34)29(21)36-31(37-30)41-17-32(18-41)9-6-10-39(4)16-32/h5,7-8,13-14,20H,1,6,9-12,15-18H2,2-4H3,(H,35,38). The number of hydrogen-bond acceptors (Lipinski definition) is 7. The zero-order valence-electron chi connectivity index (χ0n) is 24.8. The maximum Gasteiger partial charge on any atom is 0.246 e. The summed E-state index contributed by atoms with van der Waals surface area (Å²) in [6, 6.07) is 5.61. The maximum absolute atomic E-state index is 16.9. The van der Waals surface area contributed by atoms with Crippen LogP contribution < -0.4 is 9.80 Å². The molecule has 9 nitrogen and oxygen atoms in total. The SMILES string of the molecule is C=CC(=O)N1CCN(c2nc(N3CC4(CCCN(C)C4)C3)nc3c(F)c(-c4c(C)ccc5[nH]ncc45)c(Cl)cc23)CC1C. The number of piperazine rings is 1. The van der Waals surface area contributed by atoms with Crippen molar-refractivity contribution in [1.82, 2.24) is 30.0 Å². The average molecular weight is 603 g/mol. The summed E-state index contributed by atoms with van der Waals surface area (Å²) in [4.78, 5) is 30.9. The van der Waals surface area contributed by atoms with Crippen molar-refractivity contribution in [1.29, 1.82) is 0 Å². The molecule has 4 aromatic rings. The number of likely N-dealkylation sites (tertiary alicyclic amines) is 1. The Morgan fingerprint density at radius 1 is 1.14 bits per heavy atom. The van der Waals surface area contributed by atoms with Gasteiger partial charge in [-0.25, -0.2) is 9.37 Å². The molecular weight excluding hydrogens is 567 g/mol. The van der Waals surface area contributed by atoms with Crippen LogP contribution in [0.4, 0.5) is 16.2 Å². The molecule has 11 heteroatoms. The van der Waals surface area contributed by atoms with E-state index in [0.29, 0.717) is 52.9 Å². The molecule has 3 saturated heterocycles. The summed E-state index contributed by atoms with van der Waals surface area (Å²) >= 11 is 6.93. The Labute approximate surface area is 255 Å². The van der Waals surface area contributed by atoms with Crippen LogP contribution in [0.1, 0.15) is 25.3 Å². The second-order valence-corrected chi connectivity index (χ2v) is 13.0. The number of carbonyl (C=O) groups is 1. The number of piperidine rings is 1. The minimum Gasteiger partial charge on any atom is -0.352 e. The Hall–Kier alpha value is -3.76. The molecule has 2 aromatic heterocycles. The molecule has 0 radical (unpaired) electrons. The highest BCUT2D eigenvalue weighted by atomic mass is 35.5. The first-order valence-electron chi connectivity index (χ1n) is 14.9. The van der Waals surface area contributed by atoms with Gasteiger partial charge >= 0.3 is 0 Å². The third kappa shape index (κ3) is 4.62. The zero-order chi connectivity index (χ0) is 30.0. The van der Waals surface area contributed by atoms with Crippen LogP contribution in [0.5, 0.6) is 0 Å². The third-order valence-electron chi connectivity index (χ3n) is 9.51. The van der Waals surface area contributed by atoms with E-state index in [-0.39, 0.29) is 22.9 Å². The number of halogens is 2. The summed E-state index contributed by atoms with van der Waals surface area (Å²) in [5, 5.41) is 8.84. The van der Waals surface area contributed by atoms with Gasteiger partial charge in [0.15, 0.2) is 5.82 Å². The molecule has 1 amide bonds. The lowest BCUT2D eigenvalue weighted by atomic mass is 9.73. The summed E-state index contributed by atoms with van der Waals surface area (Å²) in [5.41, 5.74) is 3.19. The number of aromatic nitrogens is 4. The van der Waals surface area contributed by atoms with Crippen molar-refractivity contribution in [2.45, 2.75) is 32.7 Å². The zero-order valence-corrected chi connectivity index (χ0v) is 25.6. The molecule has 43 heavy (non-hydrogen) atoms. The number of benzene rings is 2. The van der Waals surface area contributed by atoms with E-state index in [9.17, 15) is 4.79 Å². The fourth-order valence-corrected chi connectivity index (χ4v) is 7.74. The van der Waals surface area contributed by atoms with Crippen LogP contribution >= 0.6 is 11.6 Å². The van der Waals surface area contributed by atoms with Crippen LogP contribution in [-0.2, 0) is 4.79 Å². The molecule has 0 aliphatic carbocycles. The number of amides is 1. The molecule has 2 aromatic carbocycles. The van der Waals surface area contributed by atoms with Crippen LogP contribution in [0.25, 0.3) is 32.9 Å². The van der Waals surface area contributed by atoms with Gasteiger partial charge in [-0.1, -0.05) is 24.2 Å². The van der Waals surface area contributed by atoms with Gasteiger partial charge in [-0.05, 0) is 64.1 Å². The lowest BCUT2D eigenvalue weighted by molar-refractivity contribution is -0.128. The molecule has 1 N–H and O–H groups in total. The van der Waals surface area contributed by atoms with Crippen LogP contribution in [-0.4, -0.2) is 94.8 Å². The van der Waals surface area contributed by atoms with E-state index in [1.807, 2.05) is 30.9 Å². The number of carbonyl (C=O) groups excluding carboxylic acids is 1. The molecule has 3 aliphatic heterocycles. The molecule has 3 aliphatic rings. The summed E-state index contributed by atoms with van der Waals surface area (Å²) in [6.07, 6.45) is 5.41. The number of aromatic amines is 1. The monoisotopic (exact) mass is 602 g/mol. The quantitative estimate of drug-likeness (QED) is 0.328. The first kappa shape index (κ1) is 28.0. The highest BCUT2D eigenvalue weighted by molar-refractivity contribution is 6.35. The van der Waals surface area contributed by atoms with E-state index >= 15 is 4.39 Å². The highest BCUT2D eigenvalue weighted by Gasteiger charge is 2.46. The molecule has 1 atom stereocenters. The third-order valence-corrected chi connectivity index (χ3v) is 9.80. The minimum atomic E-state index is -0.467. The molecule has 5 heterocycles. The lowest BCUT2D eigenvalue weighted by Gasteiger charge is -2.54. The van der Waals surface area contributed by atoms with Gasteiger partial charge in [0.2, 0.25) is 11.9 Å². The maximum atomic E-state index is 16.9. The highest BCUT2D eigenvalue weighted by Crippen LogP contribution is 2.44. The number of nitrogens with zero attached hydrogens (tertiary/aromatic N) is 7. The van der Waals surface area contributed by atoms with E-state index in [2.05, 4.69) is 38.5 Å². The normalized spacial score (nSPS) is 20.7. The summed E-state index contributed by atoms with van der Waals surface area (Å²) in [5.74, 6) is 0.616. The van der Waals surface area contributed by atoms with E-state index in [0.717, 1.165) is 42.6 Å². The Morgan fingerprint density at radius 3 is 2.70 bits per heavy atom. The van der Waals surface area contributed by atoms with Crippen LogP contribution in [0, 0.1) is 18.2 Å². The second-order valence-electron chi connectivity index (χ2n) is 12.6. The summed E-state index contributed by atoms with van der Waals surface area (Å²) in [6.45, 7) is 13.1. The van der Waals surface area contributed by atoms with Gasteiger partial charge in [-0.2, -0.15) is 10.1 Å². The van der Waals surface area contributed by atoms with E-state index < -0.39 is 5.82 Å². The van der Waals surface area contributed by atoms with Crippen molar-refractivity contribution in [3.8, 4) is 11.1 Å². The predicted molar refractivity (Wildman–Crippen MR) is 169 cm³/mol. The molecule has 3 fully saturated rings. The van der Waals surface area contributed by atoms with Crippen molar-refractivity contribution < 1.29 is 9.18 Å². The lowest BCUT2D eigenvalue weighted by Crippen LogP contribution is -2.63. The topological polar surface area (TPSA) is 84.5 Å². The molecule has 0 saturated carbocycles. The van der Waals surface area contributed by atoms with Gasteiger partial charge in [0.05, 0.1) is 16.7 Å². The molecule has 0 bridgehead atoms. The first-order chi connectivity index (χ1) is 20.7. The number of anilines is 2. The number of fused-ring (bicyclic) bond motifs is 2. The van der Waals surface area contributed by atoms with E-state index in [1.165, 1.54) is 18.9 Å². The van der Waals surface area contributed by atoms with Crippen molar-refractivity contribution in [2.75, 3.05) is 62.7 Å². The first-order valence-corrected chi connectivity index (χ1v) is 15.3. The average Bonchev–Trinajstić information content (AvgIpc) is 3.45. The van der Waals surface area contributed by atoms with Gasteiger partial charge in [-0.3, -0.25) is 9.89 Å². The van der Waals surface area contributed by atoms with Crippen LogP contribution in [0.2, 0.25) is 5.02 Å². The fraction of sp³-hybridized carbons (Fsp3) is 0.438. The van der Waals surface area contributed by atoms with Crippen molar-refractivity contribution in [3.63, 3.8) is 0 Å². The number of H-pyrrole nitrogens is 1. The molecule has 7 rings (SSSR count). The number of hydrogen-bond donors (Lipinski definition) is 1. The van der Waals surface area contributed by atoms with Crippen LogP contribution in [0.15, 0.2) is 37.1 Å².